The van der Waals surface area contributed by atoms with Gasteiger partial charge in [-0.25, -0.2) is 4.98 Å². The Labute approximate surface area is 149 Å². The molecule has 3 aliphatic rings. The lowest BCUT2D eigenvalue weighted by Crippen LogP contribution is -2.50. The Bertz CT molecular complexity index is 595. The van der Waals surface area contributed by atoms with Crippen molar-refractivity contribution in [2.45, 2.75) is 30.9 Å². The highest BCUT2D eigenvalue weighted by molar-refractivity contribution is 5.92. The van der Waals surface area contributed by atoms with Gasteiger partial charge in [0, 0.05) is 57.7 Å². The van der Waals surface area contributed by atoms with Gasteiger partial charge in [-0.1, -0.05) is 0 Å². The van der Waals surface area contributed by atoms with Crippen LogP contribution in [-0.2, 0) is 4.74 Å². The molecule has 1 amide bonds. The van der Waals surface area contributed by atoms with E-state index in [-0.39, 0.29) is 11.5 Å². The molecule has 0 aromatic carbocycles. The maximum Gasteiger partial charge on any atom is 0.274 e. The van der Waals surface area contributed by atoms with Crippen LogP contribution in [0.5, 0.6) is 0 Å². The van der Waals surface area contributed by atoms with Crippen molar-refractivity contribution < 1.29 is 9.53 Å². The molecule has 1 aromatic heterocycles. The quantitative estimate of drug-likeness (QED) is 0.777. The minimum absolute atomic E-state index is 0.0171. The van der Waals surface area contributed by atoms with E-state index in [1.54, 1.807) is 18.6 Å². The van der Waals surface area contributed by atoms with Crippen LogP contribution in [0.3, 0.4) is 0 Å². The van der Waals surface area contributed by atoms with Crippen LogP contribution < -0.4 is 0 Å². The van der Waals surface area contributed by atoms with E-state index in [1.807, 2.05) is 4.90 Å². The van der Waals surface area contributed by atoms with Crippen LogP contribution in [0.1, 0.15) is 29.8 Å². The first-order valence-electron chi connectivity index (χ1n) is 9.27. The van der Waals surface area contributed by atoms with E-state index in [4.69, 9.17) is 4.74 Å². The highest BCUT2D eigenvalue weighted by atomic mass is 16.5. The minimum Gasteiger partial charge on any atom is -0.373 e. The number of hydrogen-bond acceptors (Lipinski definition) is 6. The summed E-state index contributed by atoms with van der Waals surface area (Å²) < 4.78 is 6.29. The molecule has 0 aliphatic carbocycles. The number of hydrogen-bond donors (Lipinski definition) is 0. The third-order valence-corrected chi connectivity index (χ3v) is 5.99. The number of rotatable bonds is 2. The highest BCUT2D eigenvalue weighted by Gasteiger charge is 2.45. The Kier molecular flexibility index (Phi) is 4.71. The van der Waals surface area contributed by atoms with Crippen molar-refractivity contribution in [3.05, 3.63) is 24.3 Å². The number of amides is 1. The zero-order chi connectivity index (χ0) is 17.3. The monoisotopic (exact) mass is 345 g/mol. The number of piperidine rings is 1. The summed E-state index contributed by atoms with van der Waals surface area (Å²) in [6, 6.07) is 0.538. The van der Waals surface area contributed by atoms with Crippen LogP contribution in [0.2, 0.25) is 0 Å². The predicted molar refractivity (Wildman–Crippen MR) is 93.3 cm³/mol. The summed E-state index contributed by atoms with van der Waals surface area (Å²) in [4.78, 5) is 27.5. The summed E-state index contributed by atoms with van der Waals surface area (Å²) >= 11 is 0. The van der Waals surface area contributed by atoms with Crippen molar-refractivity contribution in [3.63, 3.8) is 0 Å². The second kappa shape index (κ2) is 6.97. The predicted octanol–water partition coefficient (Wildman–Crippen LogP) is 0.488. The second-order valence-electron chi connectivity index (χ2n) is 7.57. The van der Waals surface area contributed by atoms with Gasteiger partial charge in [0.2, 0.25) is 0 Å². The second-order valence-corrected chi connectivity index (χ2v) is 7.57. The molecule has 0 unspecified atom stereocenters. The van der Waals surface area contributed by atoms with E-state index in [9.17, 15) is 4.79 Å². The number of piperazine rings is 1. The normalized spacial score (nSPS) is 27.7. The summed E-state index contributed by atoms with van der Waals surface area (Å²) in [6.07, 6.45) is 7.64. The third-order valence-electron chi connectivity index (χ3n) is 5.99. The Hall–Kier alpha value is -1.57. The Morgan fingerprint density at radius 3 is 2.60 bits per heavy atom. The number of likely N-dealkylation sites (tertiary alicyclic amines) is 1. The van der Waals surface area contributed by atoms with Crippen LogP contribution >= 0.6 is 0 Å². The molecule has 3 aliphatic heterocycles. The molecule has 0 saturated carbocycles. The molecule has 1 spiro atoms. The smallest absolute Gasteiger partial charge is 0.274 e. The van der Waals surface area contributed by atoms with Gasteiger partial charge < -0.3 is 14.5 Å². The van der Waals surface area contributed by atoms with Crippen molar-refractivity contribution >= 4 is 5.91 Å². The lowest BCUT2D eigenvalue weighted by Gasteiger charge is -2.39. The van der Waals surface area contributed by atoms with Crippen molar-refractivity contribution in [2.24, 2.45) is 0 Å². The van der Waals surface area contributed by atoms with E-state index in [1.165, 1.54) is 0 Å². The van der Waals surface area contributed by atoms with E-state index in [0.29, 0.717) is 11.7 Å². The molecule has 0 N–H and O–H groups in total. The van der Waals surface area contributed by atoms with Gasteiger partial charge in [-0.05, 0) is 26.3 Å². The van der Waals surface area contributed by atoms with E-state index < -0.39 is 0 Å². The molecule has 1 atom stereocenters. The number of carbonyl (C=O) groups is 1. The maximum absolute atomic E-state index is 12.5. The van der Waals surface area contributed by atoms with Crippen LogP contribution in [0.25, 0.3) is 0 Å². The Balaban J connectivity index is 1.32. The van der Waals surface area contributed by atoms with Crippen LogP contribution in [0.4, 0.5) is 0 Å². The molecule has 7 heteroatoms. The molecule has 1 aromatic rings. The fraction of sp³-hybridized carbons (Fsp3) is 0.722. The molecule has 0 radical (unpaired) electrons. The zero-order valence-electron chi connectivity index (χ0n) is 14.9. The van der Waals surface area contributed by atoms with Crippen molar-refractivity contribution in [1.82, 2.24) is 24.7 Å². The topological polar surface area (TPSA) is 61.8 Å². The van der Waals surface area contributed by atoms with Gasteiger partial charge >= 0.3 is 0 Å². The van der Waals surface area contributed by atoms with Crippen molar-refractivity contribution in [2.75, 3.05) is 52.9 Å². The average molecular weight is 345 g/mol. The Morgan fingerprint density at radius 2 is 1.92 bits per heavy atom. The molecule has 3 fully saturated rings. The van der Waals surface area contributed by atoms with E-state index in [2.05, 4.69) is 26.8 Å². The van der Waals surface area contributed by atoms with Gasteiger partial charge in [0.15, 0.2) is 0 Å². The SMILES string of the molecule is CN1CCN([C@H]2COC3(CCN(C(=O)c4cnccn4)CC3)C2)CC1. The summed E-state index contributed by atoms with van der Waals surface area (Å²) in [5, 5.41) is 0. The molecular formula is C18H27N5O2. The number of ether oxygens (including phenoxy) is 1. The van der Waals surface area contributed by atoms with Gasteiger partial charge in [-0.3, -0.25) is 14.7 Å². The van der Waals surface area contributed by atoms with E-state index >= 15 is 0 Å². The molecule has 25 heavy (non-hydrogen) atoms. The lowest BCUT2D eigenvalue weighted by atomic mass is 9.87. The molecule has 4 heterocycles. The molecule has 7 nitrogen and oxygen atoms in total. The summed E-state index contributed by atoms with van der Waals surface area (Å²) in [6.45, 7) is 6.88. The van der Waals surface area contributed by atoms with Crippen molar-refractivity contribution in [1.29, 1.82) is 0 Å². The summed E-state index contributed by atoms with van der Waals surface area (Å²) in [7, 11) is 2.19. The van der Waals surface area contributed by atoms with Gasteiger partial charge in [-0.15, -0.1) is 0 Å². The zero-order valence-corrected chi connectivity index (χ0v) is 14.9. The molecule has 3 saturated heterocycles. The molecule has 0 bridgehead atoms. The molecule has 136 valence electrons. The number of carbonyl (C=O) groups excluding carboxylic acids is 1. The fourth-order valence-electron chi connectivity index (χ4n) is 4.28. The first-order valence-corrected chi connectivity index (χ1v) is 9.27. The standard InChI is InChI=1S/C18H27N5O2/c1-21-8-10-22(11-9-21)15-12-18(25-14-15)2-6-23(7-3-18)17(24)16-13-19-4-5-20-16/h4-5,13,15H,2-3,6-12,14H2,1H3/t15-/m1/s1. The van der Waals surface area contributed by atoms with Crippen LogP contribution in [-0.4, -0.2) is 95.1 Å². The average Bonchev–Trinajstić information content (AvgIpc) is 3.07. The highest BCUT2D eigenvalue weighted by Crippen LogP contribution is 2.38. The first kappa shape index (κ1) is 16.9. The van der Waals surface area contributed by atoms with Crippen LogP contribution in [0, 0.1) is 0 Å². The summed E-state index contributed by atoms with van der Waals surface area (Å²) in [5.74, 6) is -0.0171. The van der Waals surface area contributed by atoms with E-state index in [0.717, 1.165) is 65.1 Å². The number of aromatic nitrogens is 2. The molecular weight excluding hydrogens is 318 g/mol. The number of likely N-dealkylation sites (N-methyl/N-ethyl adjacent to an activating group) is 1. The molecule has 4 rings (SSSR count). The first-order chi connectivity index (χ1) is 12.2. The van der Waals surface area contributed by atoms with Gasteiger partial charge in [0.1, 0.15) is 5.69 Å². The maximum atomic E-state index is 12.5. The summed E-state index contributed by atoms with van der Waals surface area (Å²) in [5.41, 5.74) is 0.397. The number of nitrogens with zero attached hydrogens (tertiary/aromatic N) is 5. The largest absolute Gasteiger partial charge is 0.373 e. The fourth-order valence-corrected chi connectivity index (χ4v) is 4.28. The minimum atomic E-state index is -0.0346. The van der Waals surface area contributed by atoms with Crippen LogP contribution in [0.15, 0.2) is 18.6 Å². The van der Waals surface area contributed by atoms with Gasteiger partial charge in [0.05, 0.1) is 18.4 Å². The Morgan fingerprint density at radius 1 is 1.16 bits per heavy atom. The van der Waals surface area contributed by atoms with Gasteiger partial charge in [0.25, 0.3) is 5.91 Å². The third kappa shape index (κ3) is 3.54. The van der Waals surface area contributed by atoms with Gasteiger partial charge in [-0.2, -0.15) is 0 Å². The van der Waals surface area contributed by atoms with Crippen molar-refractivity contribution in [3.8, 4) is 0 Å². The lowest BCUT2D eigenvalue weighted by molar-refractivity contribution is -0.0396.